The van der Waals surface area contributed by atoms with Crippen molar-refractivity contribution in [3.8, 4) is 0 Å². The van der Waals surface area contributed by atoms with Crippen molar-refractivity contribution >= 4 is 34.6 Å². The van der Waals surface area contributed by atoms with Gasteiger partial charge >= 0.3 is 0 Å². The number of aryl methyl sites for hydroxylation is 1. The molecule has 0 bridgehead atoms. The second kappa shape index (κ2) is 5.99. The standard InChI is InChI=1S/C16H13Cl2N3O/c1-10-2-5-15-13(8-20-21(15)9-10)16(22)19-7-11-3-4-12(17)6-14(11)18/h2-6,8-9H,7H2,1H3,(H,19,22). The molecule has 4 nitrogen and oxygen atoms in total. The molecule has 0 fully saturated rings. The van der Waals surface area contributed by atoms with Crippen molar-refractivity contribution in [1.29, 1.82) is 0 Å². The quantitative estimate of drug-likeness (QED) is 0.790. The predicted molar refractivity (Wildman–Crippen MR) is 87.6 cm³/mol. The van der Waals surface area contributed by atoms with Gasteiger partial charge in [-0.3, -0.25) is 4.79 Å². The SMILES string of the molecule is Cc1ccc2c(C(=O)NCc3ccc(Cl)cc3Cl)cnn2c1. The lowest BCUT2D eigenvalue weighted by Gasteiger charge is -2.07. The zero-order valence-electron chi connectivity index (χ0n) is 11.8. The largest absolute Gasteiger partial charge is 0.348 e. The lowest BCUT2D eigenvalue weighted by atomic mass is 10.2. The average Bonchev–Trinajstić information content (AvgIpc) is 2.89. The molecular weight excluding hydrogens is 321 g/mol. The molecule has 0 aliphatic rings. The van der Waals surface area contributed by atoms with Crippen LogP contribution in [-0.2, 0) is 6.54 Å². The minimum atomic E-state index is -0.190. The minimum Gasteiger partial charge on any atom is -0.348 e. The van der Waals surface area contributed by atoms with Gasteiger partial charge in [0.25, 0.3) is 5.91 Å². The molecule has 0 saturated heterocycles. The van der Waals surface area contributed by atoms with Gasteiger partial charge in [-0.2, -0.15) is 5.10 Å². The number of carbonyl (C=O) groups excluding carboxylic acids is 1. The fourth-order valence-corrected chi connectivity index (χ4v) is 2.67. The molecule has 22 heavy (non-hydrogen) atoms. The molecule has 0 saturated carbocycles. The first kappa shape index (κ1) is 14.9. The third-order valence-electron chi connectivity index (χ3n) is 3.36. The van der Waals surface area contributed by atoms with Gasteiger partial charge in [0.15, 0.2) is 0 Å². The molecule has 0 aliphatic carbocycles. The second-order valence-electron chi connectivity index (χ2n) is 5.01. The van der Waals surface area contributed by atoms with Crippen LogP contribution in [0, 0.1) is 6.92 Å². The molecule has 6 heteroatoms. The third-order valence-corrected chi connectivity index (χ3v) is 3.95. The summed E-state index contributed by atoms with van der Waals surface area (Å²) >= 11 is 12.0. The summed E-state index contributed by atoms with van der Waals surface area (Å²) in [5.41, 5.74) is 3.19. The first-order valence-corrected chi connectivity index (χ1v) is 7.46. The lowest BCUT2D eigenvalue weighted by Crippen LogP contribution is -2.22. The van der Waals surface area contributed by atoms with Crippen LogP contribution in [0.5, 0.6) is 0 Å². The van der Waals surface area contributed by atoms with Crippen LogP contribution >= 0.6 is 23.2 Å². The molecule has 3 rings (SSSR count). The van der Waals surface area contributed by atoms with Crippen molar-refractivity contribution in [3.63, 3.8) is 0 Å². The summed E-state index contributed by atoms with van der Waals surface area (Å²) in [6.45, 7) is 2.31. The molecule has 1 N–H and O–H groups in total. The summed E-state index contributed by atoms with van der Waals surface area (Å²) in [6.07, 6.45) is 3.44. The van der Waals surface area contributed by atoms with E-state index in [0.29, 0.717) is 22.2 Å². The Morgan fingerprint density at radius 3 is 2.86 bits per heavy atom. The van der Waals surface area contributed by atoms with Crippen LogP contribution in [-0.4, -0.2) is 15.5 Å². The van der Waals surface area contributed by atoms with Crippen molar-refractivity contribution < 1.29 is 4.79 Å². The van der Waals surface area contributed by atoms with Gasteiger partial charge in [-0.25, -0.2) is 4.52 Å². The average molecular weight is 334 g/mol. The van der Waals surface area contributed by atoms with Gasteiger partial charge in [0.2, 0.25) is 0 Å². The molecule has 0 aliphatic heterocycles. The Morgan fingerprint density at radius 1 is 1.27 bits per heavy atom. The maximum Gasteiger partial charge on any atom is 0.255 e. The Balaban J connectivity index is 1.79. The number of nitrogens with zero attached hydrogens (tertiary/aromatic N) is 2. The fourth-order valence-electron chi connectivity index (χ4n) is 2.20. The van der Waals surface area contributed by atoms with Crippen LogP contribution in [0.15, 0.2) is 42.7 Å². The number of benzene rings is 1. The van der Waals surface area contributed by atoms with Gasteiger partial charge in [0, 0.05) is 22.8 Å². The number of carbonyl (C=O) groups is 1. The van der Waals surface area contributed by atoms with Crippen LogP contribution < -0.4 is 5.32 Å². The summed E-state index contributed by atoms with van der Waals surface area (Å²) in [5.74, 6) is -0.190. The first-order chi connectivity index (χ1) is 10.5. The normalized spacial score (nSPS) is 10.9. The highest BCUT2D eigenvalue weighted by Gasteiger charge is 2.13. The maximum atomic E-state index is 12.3. The Labute approximate surface area is 137 Å². The van der Waals surface area contributed by atoms with Crippen molar-refractivity contribution in [2.24, 2.45) is 0 Å². The predicted octanol–water partition coefficient (Wildman–Crippen LogP) is 3.88. The first-order valence-electron chi connectivity index (χ1n) is 6.71. The number of aromatic nitrogens is 2. The van der Waals surface area contributed by atoms with Crippen molar-refractivity contribution in [2.75, 3.05) is 0 Å². The zero-order chi connectivity index (χ0) is 15.7. The van der Waals surface area contributed by atoms with E-state index in [4.69, 9.17) is 23.2 Å². The Hall–Kier alpha value is -2.04. The van der Waals surface area contributed by atoms with E-state index >= 15 is 0 Å². The number of nitrogens with one attached hydrogen (secondary N) is 1. The van der Waals surface area contributed by atoms with E-state index in [1.165, 1.54) is 0 Å². The van der Waals surface area contributed by atoms with E-state index < -0.39 is 0 Å². The van der Waals surface area contributed by atoms with E-state index in [2.05, 4.69) is 10.4 Å². The molecular formula is C16H13Cl2N3O. The number of amides is 1. The van der Waals surface area contributed by atoms with Crippen LogP contribution in [0.2, 0.25) is 10.0 Å². The number of rotatable bonds is 3. The number of halogens is 2. The summed E-state index contributed by atoms with van der Waals surface area (Å²) in [6, 6.07) is 9.02. The molecule has 0 radical (unpaired) electrons. The maximum absolute atomic E-state index is 12.3. The van der Waals surface area contributed by atoms with Gasteiger partial charge in [-0.1, -0.05) is 35.3 Å². The molecule has 3 aromatic rings. The van der Waals surface area contributed by atoms with Crippen LogP contribution in [0.25, 0.3) is 5.52 Å². The summed E-state index contributed by atoms with van der Waals surface area (Å²) in [4.78, 5) is 12.3. The fraction of sp³-hybridized carbons (Fsp3) is 0.125. The van der Waals surface area contributed by atoms with E-state index in [1.54, 1.807) is 28.9 Å². The molecule has 2 heterocycles. The Bertz CT molecular complexity index is 858. The summed E-state index contributed by atoms with van der Waals surface area (Å²) < 4.78 is 1.69. The Kier molecular flexibility index (Phi) is 4.05. The van der Waals surface area contributed by atoms with Gasteiger partial charge in [-0.05, 0) is 36.2 Å². The highest BCUT2D eigenvalue weighted by Crippen LogP contribution is 2.21. The van der Waals surface area contributed by atoms with Gasteiger partial charge in [0.1, 0.15) is 0 Å². The second-order valence-corrected chi connectivity index (χ2v) is 5.86. The van der Waals surface area contributed by atoms with Gasteiger partial charge in [-0.15, -0.1) is 0 Å². The molecule has 112 valence electrons. The van der Waals surface area contributed by atoms with Gasteiger partial charge < -0.3 is 5.32 Å². The highest BCUT2D eigenvalue weighted by molar-refractivity contribution is 6.35. The summed E-state index contributed by atoms with van der Waals surface area (Å²) in [5, 5.41) is 8.14. The molecule has 2 aromatic heterocycles. The third kappa shape index (κ3) is 2.93. The van der Waals surface area contributed by atoms with E-state index in [-0.39, 0.29) is 5.91 Å². The number of pyridine rings is 1. The topological polar surface area (TPSA) is 46.4 Å². The monoisotopic (exact) mass is 333 g/mol. The molecule has 0 atom stereocenters. The van der Waals surface area contributed by atoms with E-state index in [9.17, 15) is 4.79 Å². The molecule has 0 spiro atoms. The van der Waals surface area contributed by atoms with Crippen molar-refractivity contribution in [2.45, 2.75) is 13.5 Å². The zero-order valence-corrected chi connectivity index (χ0v) is 13.3. The van der Waals surface area contributed by atoms with E-state index in [0.717, 1.165) is 16.6 Å². The number of hydrogen-bond acceptors (Lipinski definition) is 2. The number of hydrogen-bond donors (Lipinski definition) is 1. The smallest absolute Gasteiger partial charge is 0.255 e. The van der Waals surface area contributed by atoms with Crippen molar-refractivity contribution in [1.82, 2.24) is 14.9 Å². The van der Waals surface area contributed by atoms with E-state index in [1.807, 2.05) is 25.3 Å². The lowest BCUT2D eigenvalue weighted by molar-refractivity contribution is 0.0952. The molecule has 1 amide bonds. The minimum absolute atomic E-state index is 0.190. The van der Waals surface area contributed by atoms with Crippen molar-refractivity contribution in [3.05, 3.63) is 69.5 Å². The highest BCUT2D eigenvalue weighted by atomic mass is 35.5. The van der Waals surface area contributed by atoms with Crippen LogP contribution in [0.1, 0.15) is 21.5 Å². The number of fused-ring (bicyclic) bond motifs is 1. The Morgan fingerprint density at radius 2 is 2.09 bits per heavy atom. The summed E-state index contributed by atoms with van der Waals surface area (Å²) in [7, 11) is 0. The molecule has 1 aromatic carbocycles. The van der Waals surface area contributed by atoms with Gasteiger partial charge in [0.05, 0.1) is 17.3 Å². The van der Waals surface area contributed by atoms with Crippen LogP contribution in [0.4, 0.5) is 0 Å². The molecule has 0 unspecified atom stereocenters. The van der Waals surface area contributed by atoms with Crippen LogP contribution in [0.3, 0.4) is 0 Å².